The van der Waals surface area contributed by atoms with Gasteiger partial charge in [-0.1, -0.05) is 47.1 Å². The van der Waals surface area contributed by atoms with E-state index in [1.165, 1.54) is 31.9 Å². The number of aromatic nitrogens is 2. The minimum absolute atomic E-state index is 0.416. The van der Waals surface area contributed by atoms with Crippen molar-refractivity contribution in [3.8, 4) is 0 Å². The molecule has 0 bridgehead atoms. The lowest BCUT2D eigenvalue weighted by Gasteiger charge is -2.21. The lowest BCUT2D eigenvalue weighted by Crippen LogP contribution is -2.22. The fourth-order valence-electron chi connectivity index (χ4n) is 2.79. The van der Waals surface area contributed by atoms with Crippen LogP contribution in [0.15, 0.2) is 35.5 Å². The molecule has 1 aliphatic heterocycles. The van der Waals surface area contributed by atoms with E-state index >= 15 is 0 Å². The minimum atomic E-state index is 0.416. The summed E-state index contributed by atoms with van der Waals surface area (Å²) in [7, 11) is 1.48. The average Bonchev–Trinajstić information content (AvgIpc) is 3.12. The standard InChI is InChI=1S/C17H20ClN5O/c1-24-20-12-19-17-21-15(18)14(11-13-7-3-2-4-8-13)16(22-17)23-9-5-6-10-23/h2-4,7-8,12H,5-6,9-11H2,1H3,(H,19,20,21,22). The first kappa shape index (κ1) is 16.5. The van der Waals surface area contributed by atoms with Crippen LogP contribution in [-0.4, -0.2) is 36.5 Å². The van der Waals surface area contributed by atoms with Gasteiger partial charge in [-0.15, -0.1) is 0 Å². The average molecular weight is 346 g/mol. The molecule has 1 aromatic carbocycles. The first-order valence-electron chi connectivity index (χ1n) is 7.94. The summed E-state index contributed by atoms with van der Waals surface area (Å²) in [6.45, 7) is 1.97. The van der Waals surface area contributed by atoms with Crippen molar-refractivity contribution in [2.75, 3.05) is 30.4 Å². The predicted octanol–water partition coefficient (Wildman–Crippen LogP) is 3.32. The normalized spacial score (nSPS) is 14.3. The van der Waals surface area contributed by atoms with Gasteiger partial charge in [0.2, 0.25) is 5.95 Å². The molecule has 1 saturated heterocycles. The number of benzene rings is 1. The van der Waals surface area contributed by atoms with Crippen molar-refractivity contribution in [3.63, 3.8) is 0 Å². The molecular formula is C17H20ClN5O. The van der Waals surface area contributed by atoms with Crippen molar-refractivity contribution in [3.05, 3.63) is 46.6 Å². The van der Waals surface area contributed by atoms with Gasteiger partial charge in [0.15, 0.2) is 0 Å². The third-order valence-corrected chi connectivity index (χ3v) is 4.23. The van der Waals surface area contributed by atoms with Crippen LogP contribution in [0, 0.1) is 0 Å². The van der Waals surface area contributed by atoms with Gasteiger partial charge >= 0.3 is 0 Å². The van der Waals surface area contributed by atoms with E-state index in [4.69, 9.17) is 11.6 Å². The van der Waals surface area contributed by atoms with Crippen LogP contribution in [0.4, 0.5) is 11.8 Å². The van der Waals surface area contributed by atoms with E-state index in [9.17, 15) is 0 Å². The summed E-state index contributed by atoms with van der Waals surface area (Å²) < 4.78 is 0. The summed E-state index contributed by atoms with van der Waals surface area (Å²) in [4.78, 5) is 15.9. The Morgan fingerprint density at radius 2 is 2.00 bits per heavy atom. The van der Waals surface area contributed by atoms with Crippen LogP contribution in [0.25, 0.3) is 0 Å². The molecule has 1 N–H and O–H groups in total. The van der Waals surface area contributed by atoms with Crippen molar-refractivity contribution in [2.45, 2.75) is 19.3 Å². The van der Waals surface area contributed by atoms with Gasteiger partial charge in [0, 0.05) is 25.1 Å². The number of hydrogen-bond acceptors (Lipinski definition) is 5. The molecule has 1 fully saturated rings. The maximum atomic E-state index is 6.48. The van der Waals surface area contributed by atoms with Crippen LogP contribution in [-0.2, 0) is 11.3 Å². The maximum absolute atomic E-state index is 6.48. The van der Waals surface area contributed by atoms with Crippen LogP contribution in [0.2, 0.25) is 5.15 Å². The Labute approximate surface area is 146 Å². The van der Waals surface area contributed by atoms with E-state index in [1.807, 2.05) is 18.2 Å². The minimum Gasteiger partial charge on any atom is -0.398 e. The fraction of sp³-hybridized carbons (Fsp3) is 0.353. The summed E-state index contributed by atoms with van der Waals surface area (Å²) in [5.74, 6) is 1.31. The van der Waals surface area contributed by atoms with Crippen molar-refractivity contribution >= 4 is 29.7 Å². The highest BCUT2D eigenvalue weighted by molar-refractivity contribution is 6.30. The van der Waals surface area contributed by atoms with Crippen molar-refractivity contribution in [2.24, 2.45) is 5.16 Å². The molecule has 0 spiro atoms. The van der Waals surface area contributed by atoms with Gasteiger partial charge in [0.1, 0.15) is 24.4 Å². The predicted molar refractivity (Wildman–Crippen MR) is 96.9 cm³/mol. The van der Waals surface area contributed by atoms with Gasteiger partial charge in [-0.3, -0.25) is 0 Å². The van der Waals surface area contributed by atoms with E-state index in [1.54, 1.807) is 0 Å². The Kier molecular flexibility index (Phi) is 5.48. The number of anilines is 2. The highest BCUT2D eigenvalue weighted by atomic mass is 35.5. The van der Waals surface area contributed by atoms with Gasteiger partial charge in [0.05, 0.1) is 0 Å². The third kappa shape index (κ3) is 3.94. The molecule has 0 atom stereocenters. The lowest BCUT2D eigenvalue weighted by molar-refractivity contribution is 0.215. The van der Waals surface area contributed by atoms with Crippen molar-refractivity contribution in [1.82, 2.24) is 9.97 Å². The molecule has 1 aliphatic rings. The van der Waals surface area contributed by atoms with E-state index < -0.39 is 0 Å². The number of oxime groups is 1. The zero-order chi connectivity index (χ0) is 16.8. The monoisotopic (exact) mass is 345 g/mol. The molecule has 1 aromatic heterocycles. The smallest absolute Gasteiger partial charge is 0.231 e. The van der Waals surface area contributed by atoms with Crippen LogP contribution in [0.5, 0.6) is 0 Å². The van der Waals surface area contributed by atoms with Gasteiger partial charge < -0.3 is 15.1 Å². The molecule has 126 valence electrons. The Bertz CT molecular complexity index is 702. The molecule has 2 aromatic rings. The molecule has 0 amide bonds. The van der Waals surface area contributed by atoms with E-state index in [0.717, 1.165) is 24.5 Å². The van der Waals surface area contributed by atoms with Crippen LogP contribution < -0.4 is 10.2 Å². The quantitative estimate of drug-likeness (QED) is 0.376. The van der Waals surface area contributed by atoms with Crippen molar-refractivity contribution in [1.29, 1.82) is 0 Å². The van der Waals surface area contributed by atoms with E-state index in [2.05, 4.69) is 42.3 Å². The number of nitrogens with zero attached hydrogens (tertiary/aromatic N) is 4. The SMILES string of the molecule is CO/N=C/Nc1nc(Cl)c(Cc2ccccc2)c(N2CCCC2)n1. The summed E-state index contributed by atoms with van der Waals surface area (Å²) >= 11 is 6.48. The topological polar surface area (TPSA) is 62.6 Å². The zero-order valence-corrected chi connectivity index (χ0v) is 14.3. The summed E-state index contributed by atoms with van der Waals surface area (Å²) in [5.41, 5.74) is 2.14. The number of rotatable bonds is 6. The highest BCUT2D eigenvalue weighted by Gasteiger charge is 2.21. The van der Waals surface area contributed by atoms with Crippen LogP contribution >= 0.6 is 11.6 Å². The second-order valence-electron chi connectivity index (χ2n) is 5.56. The Morgan fingerprint density at radius 3 is 2.71 bits per heavy atom. The number of hydrogen-bond donors (Lipinski definition) is 1. The Balaban J connectivity index is 1.94. The molecule has 7 heteroatoms. The number of halogens is 1. The first-order chi connectivity index (χ1) is 11.8. The van der Waals surface area contributed by atoms with E-state index in [0.29, 0.717) is 17.5 Å². The molecular weight excluding hydrogens is 326 g/mol. The van der Waals surface area contributed by atoms with Gasteiger partial charge in [0.25, 0.3) is 0 Å². The molecule has 0 unspecified atom stereocenters. The van der Waals surface area contributed by atoms with E-state index in [-0.39, 0.29) is 0 Å². The second kappa shape index (κ2) is 7.97. The van der Waals surface area contributed by atoms with Gasteiger partial charge in [-0.25, -0.2) is 4.98 Å². The van der Waals surface area contributed by atoms with Crippen molar-refractivity contribution < 1.29 is 4.84 Å². The molecule has 0 aliphatic carbocycles. The fourth-order valence-corrected chi connectivity index (χ4v) is 3.02. The second-order valence-corrected chi connectivity index (χ2v) is 5.92. The lowest BCUT2D eigenvalue weighted by atomic mass is 10.1. The third-order valence-electron chi connectivity index (χ3n) is 3.92. The van der Waals surface area contributed by atoms with Crippen LogP contribution in [0.1, 0.15) is 24.0 Å². The summed E-state index contributed by atoms with van der Waals surface area (Å²) in [6, 6.07) is 10.2. The maximum Gasteiger partial charge on any atom is 0.231 e. The molecule has 3 rings (SSSR count). The summed E-state index contributed by atoms with van der Waals surface area (Å²) in [6.07, 6.45) is 4.44. The first-order valence-corrected chi connectivity index (χ1v) is 8.32. The molecule has 0 radical (unpaired) electrons. The Hall–Kier alpha value is -2.34. The van der Waals surface area contributed by atoms with Gasteiger partial charge in [-0.05, 0) is 18.4 Å². The van der Waals surface area contributed by atoms with Gasteiger partial charge in [-0.2, -0.15) is 4.98 Å². The highest BCUT2D eigenvalue weighted by Crippen LogP contribution is 2.30. The molecule has 2 heterocycles. The largest absolute Gasteiger partial charge is 0.398 e. The summed E-state index contributed by atoms with van der Waals surface area (Å²) in [5, 5.41) is 6.99. The molecule has 24 heavy (non-hydrogen) atoms. The number of nitrogens with one attached hydrogen (secondary N) is 1. The molecule has 0 saturated carbocycles. The zero-order valence-electron chi connectivity index (χ0n) is 13.6. The molecule has 6 nitrogen and oxygen atoms in total. The van der Waals surface area contributed by atoms with Crippen LogP contribution in [0.3, 0.4) is 0 Å². The Morgan fingerprint density at radius 1 is 1.25 bits per heavy atom.